The van der Waals surface area contributed by atoms with Crippen molar-refractivity contribution in [2.24, 2.45) is 4.99 Å². The molecule has 6 nitrogen and oxygen atoms in total. The van der Waals surface area contributed by atoms with Gasteiger partial charge in [-0.05, 0) is 50.7 Å². The monoisotopic (exact) mass is 473 g/mol. The van der Waals surface area contributed by atoms with Crippen LogP contribution < -0.4 is 15.0 Å². The number of halogens is 1. The van der Waals surface area contributed by atoms with Gasteiger partial charge in [0, 0.05) is 51.5 Å². The van der Waals surface area contributed by atoms with Gasteiger partial charge < -0.3 is 24.8 Å². The first-order chi connectivity index (χ1) is 12.2. The number of likely N-dealkylation sites (N-methyl/N-ethyl adjacent to an activating group) is 1. The Labute approximate surface area is 174 Å². The maximum Gasteiger partial charge on any atom is 0.193 e. The number of aliphatic imine (C=N–C) groups is 1. The van der Waals surface area contributed by atoms with Crippen LogP contribution in [0.25, 0.3) is 0 Å². The Bertz CT molecular complexity index is 572. The highest BCUT2D eigenvalue weighted by molar-refractivity contribution is 14.0. The lowest BCUT2D eigenvalue weighted by Gasteiger charge is -2.38. The summed E-state index contributed by atoms with van der Waals surface area (Å²) in [6, 6.07) is 8.97. The summed E-state index contributed by atoms with van der Waals surface area (Å²) < 4.78 is 5.24. The quantitative estimate of drug-likeness (QED) is 0.413. The Balaban J connectivity index is 0.00000243. The number of rotatable bonds is 4. The van der Waals surface area contributed by atoms with Crippen LogP contribution in [0.2, 0.25) is 0 Å². The first kappa shape index (κ1) is 21.1. The summed E-state index contributed by atoms with van der Waals surface area (Å²) in [6.45, 7) is 6.21. The van der Waals surface area contributed by atoms with Gasteiger partial charge in [-0.2, -0.15) is 0 Å². The van der Waals surface area contributed by atoms with Crippen LogP contribution in [0.1, 0.15) is 12.8 Å². The molecule has 0 saturated carbocycles. The number of guanidine groups is 1. The molecule has 7 heteroatoms. The van der Waals surface area contributed by atoms with E-state index in [2.05, 4.69) is 44.2 Å². The topological polar surface area (TPSA) is 43.3 Å². The van der Waals surface area contributed by atoms with Crippen LogP contribution in [-0.4, -0.2) is 82.3 Å². The van der Waals surface area contributed by atoms with Crippen LogP contribution in [0, 0.1) is 0 Å². The number of likely N-dealkylation sites (tertiary alicyclic amines) is 1. The van der Waals surface area contributed by atoms with Crippen LogP contribution in [0.4, 0.5) is 5.69 Å². The van der Waals surface area contributed by atoms with Gasteiger partial charge in [0.25, 0.3) is 0 Å². The number of hydrogen-bond donors (Lipinski definition) is 1. The number of methoxy groups -OCH3 is 1. The van der Waals surface area contributed by atoms with Gasteiger partial charge in [0.15, 0.2) is 5.96 Å². The second-order valence-electron chi connectivity index (χ2n) is 6.88. The molecule has 1 aromatic rings. The van der Waals surface area contributed by atoms with E-state index < -0.39 is 0 Å². The zero-order valence-corrected chi connectivity index (χ0v) is 18.5. The molecule has 0 radical (unpaired) electrons. The molecule has 0 aliphatic carbocycles. The number of benzene rings is 1. The van der Waals surface area contributed by atoms with E-state index in [1.54, 1.807) is 7.11 Å². The molecular weight excluding hydrogens is 441 g/mol. The number of ether oxygens (including phenoxy) is 1. The Morgan fingerprint density at radius 2 is 1.85 bits per heavy atom. The van der Waals surface area contributed by atoms with E-state index in [9.17, 15) is 0 Å². The first-order valence-electron chi connectivity index (χ1n) is 9.26. The van der Waals surface area contributed by atoms with Gasteiger partial charge in [0.1, 0.15) is 5.75 Å². The number of nitrogens with one attached hydrogen (secondary N) is 1. The fraction of sp³-hybridized carbons (Fsp3) is 0.632. The Kier molecular flexibility index (Phi) is 8.27. The molecule has 2 aliphatic heterocycles. The summed E-state index contributed by atoms with van der Waals surface area (Å²) in [6.07, 6.45) is 2.59. The van der Waals surface area contributed by atoms with E-state index in [1.165, 1.54) is 25.1 Å². The summed E-state index contributed by atoms with van der Waals surface area (Å²) in [5.74, 6) is 1.94. The normalized spacial score (nSPS) is 21.5. The van der Waals surface area contributed by atoms with Gasteiger partial charge in [-0.1, -0.05) is 0 Å². The lowest BCUT2D eigenvalue weighted by atomic mass is 10.2. The van der Waals surface area contributed by atoms with E-state index in [-0.39, 0.29) is 24.0 Å². The molecule has 2 heterocycles. The minimum Gasteiger partial charge on any atom is -0.497 e. The minimum absolute atomic E-state index is 0. The van der Waals surface area contributed by atoms with E-state index in [0.29, 0.717) is 6.04 Å². The molecule has 0 amide bonds. The molecule has 0 bridgehead atoms. The molecule has 146 valence electrons. The standard InChI is InChI=1S/C19H31N5O.HI/c1-20-19(21-15-17-5-4-10-22(17)2)24-13-11-23(12-14-24)16-6-8-18(25-3)9-7-16;/h6-9,17H,4-5,10-15H2,1-3H3,(H,20,21);1H. The highest BCUT2D eigenvalue weighted by Gasteiger charge is 2.23. The predicted molar refractivity (Wildman–Crippen MR) is 119 cm³/mol. The van der Waals surface area contributed by atoms with Gasteiger partial charge in [0.2, 0.25) is 0 Å². The molecule has 1 atom stereocenters. The van der Waals surface area contributed by atoms with Crippen molar-refractivity contribution < 1.29 is 4.74 Å². The second kappa shape index (κ2) is 10.2. The van der Waals surface area contributed by atoms with Gasteiger partial charge in [-0.15, -0.1) is 24.0 Å². The van der Waals surface area contributed by atoms with Crippen LogP contribution in [0.3, 0.4) is 0 Å². The highest BCUT2D eigenvalue weighted by Crippen LogP contribution is 2.20. The third-order valence-corrected chi connectivity index (χ3v) is 5.40. The molecule has 0 spiro atoms. The van der Waals surface area contributed by atoms with E-state index in [0.717, 1.165) is 44.4 Å². The van der Waals surface area contributed by atoms with Crippen molar-refractivity contribution in [3.63, 3.8) is 0 Å². The Hall–Kier alpha value is -1.22. The molecule has 2 fully saturated rings. The Morgan fingerprint density at radius 1 is 1.15 bits per heavy atom. The molecule has 2 aliphatic rings. The predicted octanol–water partition coefficient (Wildman–Crippen LogP) is 2.10. The third-order valence-electron chi connectivity index (χ3n) is 5.40. The van der Waals surface area contributed by atoms with Gasteiger partial charge in [-0.25, -0.2) is 0 Å². The fourth-order valence-electron chi connectivity index (χ4n) is 3.75. The summed E-state index contributed by atoms with van der Waals surface area (Å²) in [5.41, 5.74) is 1.26. The van der Waals surface area contributed by atoms with Gasteiger partial charge in [-0.3, -0.25) is 4.99 Å². The summed E-state index contributed by atoms with van der Waals surface area (Å²) in [5, 5.41) is 3.58. The number of nitrogens with zero attached hydrogens (tertiary/aromatic N) is 4. The summed E-state index contributed by atoms with van der Waals surface area (Å²) in [4.78, 5) is 11.7. The maximum absolute atomic E-state index is 5.24. The number of hydrogen-bond acceptors (Lipinski definition) is 4. The van der Waals surface area contributed by atoms with E-state index in [4.69, 9.17) is 4.74 Å². The van der Waals surface area contributed by atoms with E-state index >= 15 is 0 Å². The average Bonchev–Trinajstić information content (AvgIpc) is 3.08. The fourth-order valence-corrected chi connectivity index (χ4v) is 3.75. The number of anilines is 1. The van der Waals surface area contributed by atoms with Crippen molar-refractivity contribution in [3.05, 3.63) is 24.3 Å². The van der Waals surface area contributed by atoms with Crippen molar-refractivity contribution in [3.8, 4) is 5.75 Å². The summed E-state index contributed by atoms with van der Waals surface area (Å²) >= 11 is 0. The lowest BCUT2D eigenvalue weighted by Crippen LogP contribution is -2.54. The number of piperazine rings is 1. The zero-order valence-electron chi connectivity index (χ0n) is 16.1. The largest absolute Gasteiger partial charge is 0.497 e. The first-order valence-corrected chi connectivity index (χ1v) is 9.26. The second-order valence-corrected chi connectivity index (χ2v) is 6.88. The third kappa shape index (κ3) is 5.16. The van der Waals surface area contributed by atoms with Crippen LogP contribution >= 0.6 is 24.0 Å². The van der Waals surface area contributed by atoms with Crippen molar-refractivity contribution >= 4 is 35.6 Å². The molecule has 3 rings (SSSR count). The van der Waals surface area contributed by atoms with Crippen LogP contribution in [-0.2, 0) is 0 Å². The average molecular weight is 473 g/mol. The highest BCUT2D eigenvalue weighted by atomic mass is 127. The Morgan fingerprint density at radius 3 is 2.38 bits per heavy atom. The summed E-state index contributed by atoms with van der Waals surface area (Å²) in [7, 11) is 5.81. The zero-order chi connectivity index (χ0) is 17.6. The lowest BCUT2D eigenvalue weighted by molar-refractivity contribution is 0.303. The molecule has 0 aromatic heterocycles. The maximum atomic E-state index is 5.24. The van der Waals surface area contributed by atoms with Crippen molar-refractivity contribution in [1.29, 1.82) is 0 Å². The molecule has 2 saturated heterocycles. The molecule has 1 unspecified atom stereocenters. The van der Waals surface area contributed by atoms with Gasteiger partial charge in [0.05, 0.1) is 7.11 Å². The molecule has 1 aromatic carbocycles. The van der Waals surface area contributed by atoms with Crippen molar-refractivity contribution in [2.45, 2.75) is 18.9 Å². The SMILES string of the molecule is CN=C(NCC1CCCN1C)N1CCN(c2ccc(OC)cc2)CC1.I. The molecule has 1 N–H and O–H groups in total. The van der Waals surface area contributed by atoms with Crippen LogP contribution in [0.5, 0.6) is 5.75 Å². The smallest absolute Gasteiger partial charge is 0.193 e. The van der Waals surface area contributed by atoms with Crippen molar-refractivity contribution in [1.82, 2.24) is 15.1 Å². The van der Waals surface area contributed by atoms with E-state index in [1.807, 2.05) is 19.2 Å². The minimum atomic E-state index is 0. The van der Waals surface area contributed by atoms with Crippen molar-refractivity contribution in [2.75, 3.05) is 65.4 Å². The molecule has 26 heavy (non-hydrogen) atoms. The van der Waals surface area contributed by atoms with Crippen LogP contribution in [0.15, 0.2) is 29.3 Å². The van der Waals surface area contributed by atoms with Gasteiger partial charge >= 0.3 is 0 Å². The molecular formula is C19H32IN5O.